The van der Waals surface area contributed by atoms with Gasteiger partial charge in [-0.2, -0.15) is 39.5 Å². The minimum Gasteiger partial charge on any atom is -0.504 e. The fraction of sp³-hybridized carbons (Fsp3) is 0.400. The Hall–Kier alpha value is -2.48. The molecular weight excluding hydrogens is 503 g/mol. The van der Waals surface area contributed by atoms with Crippen LogP contribution in [0.4, 0.5) is 39.5 Å². The summed E-state index contributed by atoms with van der Waals surface area (Å²) >= 11 is 0. The van der Waals surface area contributed by atoms with E-state index in [0.29, 0.717) is 0 Å². The first kappa shape index (κ1) is 35.9. The van der Waals surface area contributed by atoms with Crippen LogP contribution in [0.1, 0.15) is 20.8 Å². The Morgan fingerprint density at radius 3 is 0.677 bits per heavy atom. The molecule has 0 aliphatic rings. The average Bonchev–Trinajstić information content (AvgIpc) is 2.43. The Morgan fingerprint density at radius 2 is 0.645 bits per heavy atom. The summed E-state index contributed by atoms with van der Waals surface area (Å²) in [5.41, 5.74) is 0. The zero-order valence-corrected chi connectivity index (χ0v) is 16.7. The molecule has 0 saturated heterocycles. The molecule has 0 spiro atoms. The molecule has 0 unspecified atom stereocenters. The standard InChI is InChI=1S/3C5H5F3O2.Fe/c3*1-3(9)2-4(10)5(6,7)8;/h3*2,10H,1H3;. The van der Waals surface area contributed by atoms with Gasteiger partial charge in [0.15, 0.2) is 17.3 Å². The molecule has 0 bridgehead atoms. The van der Waals surface area contributed by atoms with Gasteiger partial charge >= 0.3 is 18.5 Å². The minimum absolute atomic E-state index is 0. The van der Waals surface area contributed by atoms with E-state index in [9.17, 15) is 53.9 Å². The molecule has 0 atom stereocenters. The molecule has 0 fully saturated rings. The zero-order valence-electron chi connectivity index (χ0n) is 15.6. The SMILES string of the molecule is CC(=O)C=C(O)C(F)(F)F.CC(=O)C=C(O)C(F)(F)F.CC(=O)C=C(O)C(F)(F)F.[Fe]. The number of aliphatic hydroxyl groups excluding tert-OH is 3. The van der Waals surface area contributed by atoms with Gasteiger partial charge in [0.1, 0.15) is 0 Å². The van der Waals surface area contributed by atoms with Crippen molar-refractivity contribution >= 4 is 17.3 Å². The number of hydrogen-bond donors (Lipinski definition) is 3. The molecule has 0 amide bonds. The molecule has 0 saturated carbocycles. The molecule has 0 aromatic rings. The van der Waals surface area contributed by atoms with Crippen LogP contribution in [0.3, 0.4) is 0 Å². The normalized spacial score (nSPS) is 13.0. The second-order valence-corrected chi connectivity index (χ2v) is 4.91. The summed E-state index contributed by atoms with van der Waals surface area (Å²) in [5, 5.41) is 24.2. The molecule has 0 aliphatic heterocycles. The van der Waals surface area contributed by atoms with Gasteiger partial charge in [-0.15, -0.1) is 0 Å². The minimum atomic E-state index is -4.81. The fourth-order valence-corrected chi connectivity index (χ4v) is 0.823. The number of hydrogen-bond acceptors (Lipinski definition) is 6. The molecule has 0 aromatic heterocycles. The number of aliphatic hydroxyl groups is 3. The van der Waals surface area contributed by atoms with Gasteiger partial charge < -0.3 is 15.3 Å². The number of rotatable bonds is 3. The van der Waals surface area contributed by atoms with Gasteiger partial charge in [0.2, 0.25) is 17.3 Å². The van der Waals surface area contributed by atoms with Crippen LogP contribution in [-0.4, -0.2) is 51.2 Å². The van der Waals surface area contributed by atoms with Crippen LogP contribution in [0, 0.1) is 0 Å². The molecule has 0 aliphatic carbocycles. The summed E-state index contributed by atoms with van der Waals surface area (Å²) in [7, 11) is 0. The Bertz CT molecular complexity index is 606. The van der Waals surface area contributed by atoms with Crippen molar-refractivity contribution in [2.45, 2.75) is 39.3 Å². The first-order valence-electron chi connectivity index (χ1n) is 6.97. The van der Waals surface area contributed by atoms with E-state index in [4.69, 9.17) is 15.3 Å². The smallest absolute Gasteiger partial charge is 0.448 e. The quantitative estimate of drug-likeness (QED) is 0.216. The average molecular weight is 518 g/mol. The topological polar surface area (TPSA) is 112 Å². The van der Waals surface area contributed by atoms with E-state index >= 15 is 0 Å². The largest absolute Gasteiger partial charge is 0.504 e. The van der Waals surface area contributed by atoms with Crippen molar-refractivity contribution in [3.8, 4) is 0 Å². The van der Waals surface area contributed by atoms with Gasteiger partial charge in [-0.1, -0.05) is 0 Å². The number of carbonyl (C=O) groups excluding carboxylic acids is 3. The number of ketones is 3. The van der Waals surface area contributed by atoms with Crippen LogP contribution in [0.2, 0.25) is 0 Å². The Morgan fingerprint density at radius 1 is 0.516 bits per heavy atom. The van der Waals surface area contributed by atoms with E-state index in [-0.39, 0.29) is 35.3 Å². The second kappa shape index (κ2) is 14.5. The maximum Gasteiger partial charge on any atom is 0.448 e. The van der Waals surface area contributed by atoms with E-state index in [2.05, 4.69) is 0 Å². The first-order valence-corrected chi connectivity index (χ1v) is 6.97. The summed E-state index contributed by atoms with van der Waals surface area (Å²) in [4.78, 5) is 29.9. The molecule has 0 radical (unpaired) electrons. The first-order chi connectivity index (χ1) is 13.0. The van der Waals surface area contributed by atoms with Gasteiger partial charge in [0.25, 0.3) is 0 Å². The van der Waals surface area contributed by atoms with E-state index in [1.54, 1.807) is 0 Å². The van der Waals surface area contributed by atoms with E-state index in [0.717, 1.165) is 20.8 Å². The van der Waals surface area contributed by atoms with Gasteiger partial charge in [-0.3, -0.25) is 14.4 Å². The van der Waals surface area contributed by atoms with Gasteiger partial charge in [0.05, 0.1) is 0 Å². The number of alkyl halides is 9. The molecule has 16 heteroatoms. The summed E-state index contributed by atoms with van der Waals surface area (Å²) in [6.07, 6.45) is -14.1. The van der Waals surface area contributed by atoms with Crippen molar-refractivity contribution < 1.29 is 86.3 Å². The summed E-state index contributed by atoms with van der Waals surface area (Å²) in [5.74, 6) is -8.10. The Kier molecular flexibility index (Phi) is 16.8. The van der Waals surface area contributed by atoms with Gasteiger partial charge in [-0.05, 0) is 20.8 Å². The third kappa shape index (κ3) is 23.7. The summed E-state index contributed by atoms with van der Waals surface area (Å²) in [6.45, 7) is 2.76. The number of allylic oxidation sites excluding steroid dienone is 6. The van der Waals surface area contributed by atoms with Crippen LogP contribution in [0.15, 0.2) is 35.5 Å². The van der Waals surface area contributed by atoms with Crippen LogP contribution in [0.5, 0.6) is 0 Å². The molecule has 0 heterocycles. The third-order valence-corrected chi connectivity index (χ3v) is 1.89. The number of carbonyl (C=O) groups is 3. The van der Waals surface area contributed by atoms with Crippen LogP contribution >= 0.6 is 0 Å². The van der Waals surface area contributed by atoms with Crippen molar-refractivity contribution in [1.29, 1.82) is 0 Å². The van der Waals surface area contributed by atoms with Gasteiger partial charge in [0, 0.05) is 35.3 Å². The van der Waals surface area contributed by atoms with E-state index < -0.39 is 53.2 Å². The fourth-order valence-electron chi connectivity index (χ4n) is 0.823. The molecule has 0 rings (SSSR count). The van der Waals surface area contributed by atoms with Crippen molar-refractivity contribution in [2.75, 3.05) is 0 Å². The monoisotopic (exact) mass is 518 g/mol. The third-order valence-electron chi connectivity index (χ3n) is 1.89. The van der Waals surface area contributed by atoms with Crippen molar-refractivity contribution in [3.63, 3.8) is 0 Å². The van der Waals surface area contributed by atoms with E-state index in [1.165, 1.54) is 0 Å². The van der Waals surface area contributed by atoms with Crippen molar-refractivity contribution in [2.24, 2.45) is 0 Å². The molecule has 31 heavy (non-hydrogen) atoms. The second-order valence-electron chi connectivity index (χ2n) is 4.91. The predicted molar refractivity (Wildman–Crippen MR) is 82.3 cm³/mol. The number of halogens is 9. The Labute approximate surface area is 179 Å². The summed E-state index contributed by atoms with van der Waals surface area (Å²) in [6, 6.07) is 0. The maximum absolute atomic E-state index is 11.3. The van der Waals surface area contributed by atoms with Crippen LogP contribution < -0.4 is 0 Å². The molecule has 182 valence electrons. The molecule has 6 nitrogen and oxygen atoms in total. The zero-order chi connectivity index (χ0) is 25.1. The van der Waals surface area contributed by atoms with Crippen LogP contribution in [0.25, 0.3) is 0 Å². The van der Waals surface area contributed by atoms with Gasteiger partial charge in [-0.25, -0.2) is 0 Å². The Balaban J connectivity index is -0.000000174. The maximum atomic E-state index is 11.3. The van der Waals surface area contributed by atoms with E-state index in [1.807, 2.05) is 0 Å². The molecular formula is C15H15F9FeO6. The van der Waals surface area contributed by atoms with Crippen molar-refractivity contribution in [3.05, 3.63) is 35.5 Å². The molecule has 0 aromatic carbocycles. The summed E-state index contributed by atoms with van der Waals surface area (Å²) < 4.78 is 102. The predicted octanol–water partition coefficient (Wildman–Crippen LogP) is 4.74. The van der Waals surface area contributed by atoms with Crippen molar-refractivity contribution in [1.82, 2.24) is 0 Å². The molecule has 3 N–H and O–H groups in total. The van der Waals surface area contributed by atoms with Crippen LogP contribution in [-0.2, 0) is 31.5 Å².